The van der Waals surface area contributed by atoms with E-state index in [1.54, 1.807) is 7.11 Å². The molecule has 116 valence electrons. The van der Waals surface area contributed by atoms with Gasteiger partial charge in [0, 0.05) is 0 Å². The maximum absolute atomic E-state index is 12.5. The molecule has 5 nitrogen and oxygen atoms in total. The lowest BCUT2D eigenvalue weighted by Gasteiger charge is -2.35. The Kier molecular flexibility index (Phi) is 5.20. The molecule has 0 aromatic heterocycles. The molecule has 0 unspecified atom stereocenters. The van der Waals surface area contributed by atoms with E-state index in [1.165, 1.54) is 4.90 Å². The van der Waals surface area contributed by atoms with Gasteiger partial charge in [-0.3, -0.25) is 4.79 Å². The minimum absolute atomic E-state index is 0.0100. The number of methoxy groups -OCH3 is 1. The van der Waals surface area contributed by atoms with E-state index in [9.17, 15) is 4.79 Å². The first-order valence-electron chi connectivity index (χ1n) is 7.45. The predicted octanol–water partition coefficient (Wildman–Crippen LogP) is 0.714. The van der Waals surface area contributed by atoms with E-state index in [0.29, 0.717) is 11.4 Å². The van der Waals surface area contributed by atoms with E-state index in [2.05, 4.69) is 19.2 Å². The number of para-hydroxylation sites is 2. The third kappa shape index (κ3) is 3.95. The molecule has 0 saturated carbocycles. The molecule has 1 aromatic carbocycles. The van der Waals surface area contributed by atoms with Gasteiger partial charge >= 0.3 is 0 Å². The Balaban J connectivity index is 2.02. The number of carbonyl (C=O) groups is 1. The zero-order chi connectivity index (χ0) is 15.4. The summed E-state index contributed by atoms with van der Waals surface area (Å²) in [4.78, 5) is 13.7. The average Bonchev–Trinajstić information content (AvgIpc) is 2.46. The third-order valence-electron chi connectivity index (χ3n) is 3.93. The zero-order valence-corrected chi connectivity index (χ0v) is 13.2. The van der Waals surface area contributed by atoms with Crippen LogP contribution >= 0.6 is 0 Å². The molecule has 1 fully saturated rings. The number of carbonyl (C=O) groups excluding carboxylic acids is 1. The second-order valence-corrected chi connectivity index (χ2v) is 5.74. The number of rotatable bonds is 4. The van der Waals surface area contributed by atoms with Crippen LogP contribution in [0.25, 0.3) is 0 Å². The molecule has 1 amide bonds. The van der Waals surface area contributed by atoms with Crippen LogP contribution in [0.4, 0.5) is 5.69 Å². The van der Waals surface area contributed by atoms with E-state index < -0.39 is 0 Å². The van der Waals surface area contributed by atoms with E-state index in [1.807, 2.05) is 31.2 Å². The Labute approximate surface area is 126 Å². The SMILES string of the molecule is COc1ccccc1NC(=O)[C@H](C)[NH+]1C[C@@H](C)O[C@H](C)C1. The molecule has 0 bridgehead atoms. The largest absolute Gasteiger partial charge is 0.495 e. The molecule has 1 aliphatic heterocycles. The molecule has 21 heavy (non-hydrogen) atoms. The van der Waals surface area contributed by atoms with Crippen LogP contribution in [0.5, 0.6) is 5.75 Å². The first-order valence-corrected chi connectivity index (χ1v) is 7.45. The summed E-state index contributed by atoms with van der Waals surface area (Å²) in [7, 11) is 1.60. The van der Waals surface area contributed by atoms with Crippen LogP contribution in [-0.4, -0.2) is 44.4 Å². The van der Waals surface area contributed by atoms with Crippen LogP contribution in [-0.2, 0) is 9.53 Å². The van der Waals surface area contributed by atoms with E-state index >= 15 is 0 Å². The van der Waals surface area contributed by atoms with Crippen molar-refractivity contribution in [3.63, 3.8) is 0 Å². The number of morpholine rings is 1. The monoisotopic (exact) mass is 293 g/mol. The molecule has 3 atom stereocenters. The molecule has 1 aromatic rings. The predicted molar refractivity (Wildman–Crippen MR) is 81.8 cm³/mol. The van der Waals surface area contributed by atoms with Crippen molar-refractivity contribution < 1.29 is 19.2 Å². The molecule has 1 saturated heterocycles. The number of benzene rings is 1. The van der Waals surface area contributed by atoms with Gasteiger partial charge in [0.05, 0.1) is 12.8 Å². The molecule has 2 N–H and O–H groups in total. The number of quaternary nitrogens is 1. The van der Waals surface area contributed by atoms with Gasteiger partial charge < -0.3 is 19.7 Å². The highest BCUT2D eigenvalue weighted by molar-refractivity contribution is 5.94. The number of amides is 1. The number of nitrogens with one attached hydrogen (secondary N) is 2. The molecule has 1 heterocycles. The first-order chi connectivity index (χ1) is 10.0. The van der Waals surface area contributed by atoms with Crippen molar-refractivity contribution in [2.75, 3.05) is 25.5 Å². The molecule has 1 aliphatic rings. The standard InChI is InChI=1S/C16H24N2O3/c1-11-9-18(10-12(2)21-11)13(3)16(19)17-14-7-5-6-8-15(14)20-4/h5-8,11-13H,9-10H2,1-4H3,(H,17,19)/p+1/t11-,12-,13+/m1/s1. The summed E-state index contributed by atoms with van der Waals surface area (Å²) in [5.74, 6) is 0.688. The summed E-state index contributed by atoms with van der Waals surface area (Å²) in [6.07, 6.45) is 0.371. The normalized spacial score (nSPS) is 27.0. The lowest BCUT2D eigenvalue weighted by atomic mass is 10.1. The van der Waals surface area contributed by atoms with Gasteiger partial charge in [0.25, 0.3) is 5.91 Å². The zero-order valence-electron chi connectivity index (χ0n) is 13.2. The molecule has 2 rings (SSSR count). The van der Waals surface area contributed by atoms with Crippen molar-refractivity contribution in [1.29, 1.82) is 0 Å². The quantitative estimate of drug-likeness (QED) is 0.860. The van der Waals surface area contributed by atoms with Crippen LogP contribution in [0.2, 0.25) is 0 Å². The van der Waals surface area contributed by atoms with E-state index in [4.69, 9.17) is 9.47 Å². The molecular weight excluding hydrogens is 268 g/mol. The highest BCUT2D eigenvalue weighted by atomic mass is 16.5. The van der Waals surface area contributed by atoms with Crippen LogP contribution in [0.3, 0.4) is 0 Å². The summed E-state index contributed by atoms with van der Waals surface area (Å²) in [5, 5.41) is 2.96. The number of hydrogen-bond donors (Lipinski definition) is 2. The minimum atomic E-state index is -0.122. The second-order valence-electron chi connectivity index (χ2n) is 5.74. The molecule has 0 spiro atoms. The fourth-order valence-electron chi connectivity index (χ4n) is 2.84. The lowest BCUT2D eigenvalue weighted by Crippen LogP contribution is -3.19. The van der Waals surface area contributed by atoms with E-state index in [-0.39, 0.29) is 24.2 Å². The van der Waals surface area contributed by atoms with Gasteiger partial charge in [0.1, 0.15) is 31.0 Å². The first kappa shape index (κ1) is 15.8. The molecular formula is C16H25N2O3+. The van der Waals surface area contributed by atoms with Crippen LogP contribution in [0, 0.1) is 0 Å². The summed E-state index contributed by atoms with van der Waals surface area (Å²) < 4.78 is 11.0. The van der Waals surface area contributed by atoms with Crippen LogP contribution in [0.15, 0.2) is 24.3 Å². The number of anilines is 1. The average molecular weight is 293 g/mol. The van der Waals surface area contributed by atoms with Gasteiger partial charge in [-0.15, -0.1) is 0 Å². The molecule has 5 heteroatoms. The summed E-state index contributed by atoms with van der Waals surface area (Å²) in [6, 6.07) is 7.34. The van der Waals surface area contributed by atoms with Gasteiger partial charge in [-0.1, -0.05) is 12.1 Å². The van der Waals surface area contributed by atoms with Gasteiger partial charge in [-0.05, 0) is 32.9 Å². The highest BCUT2D eigenvalue weighted by Crippen LogP contribution is 2.22. The Morgan fingerprint density at radius 1 is 1.33 bits per heavy atom. The fourth-order valence-corrected chi connectivity index (χ4v) is 2.84. The van der Waals surface area contributed by atoms with E-state index in [0.717, 1.165) is 13.1 Å². The Morgan fingerprint density at radius 3 is 2.57 bits per heavy atom. The van der Waals surface area contributed by atoms with Crippen molar-refractivity contribution in [2.45, 2.75) is 39.0 Å². The third-order valence-corrected chi connectivity index (χ3v) is 3.93. The smallest absolute Gasteiger partial charge is 0.282 e. The summed E-state index contributed by atoms with van der Waals surface area (Å²) in [5.41, 5.74) is 0.714. The second kappa shape index (κ2) is 6.91. The topological polar surface area (TPSA) is 52.0 Å². The fraction of sp³-hybridized carbons (Fsp3) is 0.562. The van der Waals surface area contributed by atoms with Crippen molar-refractivity contribution in [1.82, 2.24) is 0 Å². The number of hydrogen-bond acceptors (Lipinski definition) is 3. The summed E-state index contributed by atoms with van der Waals surface area (Å²) in [6.45, 7) is 7.78. The van der Waals surface area contributed by atoms with Crippen molar-refractivity contribution in [3.8, 4) is 5.75 Å². The maximum Gasteiger partial charge on any atom is 0.282 e. The van der Waals surface area contributed by atoms with Crippen molar-refractivity contribution in [2.24, 2.45) is 0 Å². The highest BCUT2D eigenvalue weighted by Gasteiger charge is 2.33. The van der Waals surface area contributed by atoms with Crippen LogP contribution < -0.4 is 15.0 Å². The maximum atomic E-state index is 12.5. The Morgan fingerprint density at radius 2 is 1.95 bits per heavy atom. The minimum Gasteiger partial charge on any atom is -0.495 e. The molecule has 0 aliphatic carbocycles. The Hall–Kier alpha value is -1.59. The Bertz CT molecular complexity index is 482. The number of ether oxygens (including phenoxy) is 2. The van der Waals surface area contributed by atoms with Gasteiger partial charge in [0.2, 0.25) is 0 Å². The van der Waals surface area contributed by atoms with Crippen molar-refractivity contribution in [3.05, 3.63) is 24.3 Å². The van der Waals surface area contributed by atoms with Crippen molar-refractivity contribution >= 4 is 11.6 Å². The summed E-state index contributed by atoms with van der Waals surface area (Å²) >= 11 is 0. The molecule has 0 radical (unpaired) electrons. The van der Waals surface area contributed by atoms with Gasteiger partial charge in [-0.2, -0.15) is 0 Å². The van der Waals surface area contributed by atoms with Gasteiger partial charge in [0.15, 0.2) is 6.04 Å². The van der Waals surface area contributed by atoms with Crippen LogP contribution in [0.1, 0.15) is 20.8 Å². The lowest BCUT2D eigenvalue weighted by molar-refractivity contribution is -0.928. The van der Waals surface area contributed by atoms with Gasteiger partial charge in [-0.25, -0.2) is 0 Å².